The van der Waals surface area contributed by atoms with Gasteiger partial charge in [0.25, 0.3) is 0 Å². The van der Waals surface area contributed by atoms with Crippen LogP contribution >= 0.6 is 0 Å². The molecule has 0 aliphatic heterocycles. The summed E-state index contributed by atoms with van der Waals surface area (Å²) in [5.74, 6) is 9.56. The second-order valence-corrected chi connectivity index (χ2v) is 7.44. The fourth-order valence-electron chi connectivity index (χ4n) is 4.44. The highest BCUT2D eigenvalue weighted by molar-refractivity contribution is 5.32. The predicted octanol–water partition coefficient (Wildman–Crippen LogP) is 5.60. The molecule has 0 spiro atoms. The van der Waals surface area contributed by atoms with Gasteiger partial charge in [0.2, 0.25) is 5.95 Å². The van der Waals surface area contributed by atoms with E-state index < -0.39 is 5.95 Å². The summed E-state index contributed by atoms with van der Waals surface area (Å²) in [6, 6.07) is 3.10. The van der Waals surface area contributed by atoms with E-state index in [1.807, 2.05) is 0 Å². The van der Waals surface area contributed by atoms with E-state index in [0.717, 1.165) is 23.3 Å². The third kappa shape index (κ3) is 4.56. The zero-order valence-electron chi connectivity index (χ0n) is 14.2. The highest BCUT2D eigenvalue weighted by Crippen LogP contribution is 2.41. The molecule has 2 fully saturated rings. The Bertz CT molecular complexity index is 537. The number of hydrogen-bond acceptors (Lipinski definition) is 1. The van der Waals surface area contributed by atoms with Gasteiger partial charge in [0.15, 0.2) is 0 Å². The summed E-state index contributed by atoms with van der Waals surface area (Å²) < 4.78 is 12.8. The molecule has 3 rings (SSSR count). The van der Waals surface area contributed by atoms with Crippen LogP contribution in [0.3, 0.4) is 0 Å². The zero-order chi connectivity index (χ0) is 16.1. The van der Waals surface area contributed by atoms with E-state index in [1.54, 1.807) is 6.07 Å². The van der Waals surface area contributed by atoms with Crippen molar-refractivity contribution in [1.82, 2.24) is 4.98 Å². The van der Waals surface area contributed by atoms with Gasteiger partial charge >= 0.3 is 0 Å². The van der Waals surface area contributed by atoms with E-state index in [9.17, 15) is 4.39 Å². The van der Waals surface area contributed by atoms with Gasteiger partial charge in [-0.1, -0.05) is 38.0 Å². The minimum Gasteiger partial charge on any atom is -0.227 e. The smallest absolute Gasteiger partial charge is 0.212 e. The number of hydrogen-bond donors (Lipinski definition) is 0. The molecule has 0 unspecified atom stereocenters. The summed E-state index contributed by atoms with van der Waals surface area (Å²) in [6.45, 7) is 2.34. The van der Waals surface area contributed by atoms with Crippen LogP contribution in [-0.2, 0) is 0 Å². The van der Waals surface area contributed by atoms with Crippen molar-refractivity contribution in [3.63, 3.8) is 0 Å². The first-order chi connectivity index (χ1) is 11.2. The Morgan fingerprint density at radius 2 is 1.65 bits per heavy atom. The van der Waals surface area contributed by atoms with E-state index in [-0.39, 0.29) is 0 Å². The summed E-state index contributed by atoms with van der Waals surface area (Å²) in [5, 5.41) is 0. The Labute approximate surface area is 140 Å². The van der Waals surface area contributed by atoms with Gasteiger partial charge in [0.05, 0.1) is 0 Å². The maximum atomic E-state index is 12.8. The molecule has 0 saturated heterocycles. The first kappa shape index (κ1) is 16.5. The Morgan fingerprint density at radius 3 is 2.22 bits per heavy atom. The molecule has 2 saturated carbocycles. The molecule has 1 heterocycles. The Balaban J connectivity index is 1.46. The van der Waals surface area contributed by atoms with Crippen LogP contribution < -0.4 is 0 Å². The SMILES string of the molecule is CCC1CCC(C2CCC(C#Cc3ccc(F)nc3)CC2)CC1. The van der Waals surface area contributed by atoms with Gasteiger partial charge in [-0.2, -0.15) is 4.39 Å². The lowest BCUT2D eigenvalue weighted by molar-refractivity contribution is 0.156. The predicted molar refractivity (Wildman–Crippen MR) is 92.3 cm³/mol. The molecule has 23 heavy (non-hydrogen) atoms. The summed E-state index contributed by atoms with van der Waals surface area (Å²) in [5.41, 5.74) is 0.825. The van der Waals surface area contributed by atoms with Crippen molar-refractivity contribution in [1.29, 1.82) is 0 Å². The van der Waals surface area contributed by atoms with Crippen LogP contribution in [0.2, 0.25) is 0 Å². The van der Waals surface area contributed by atoms with E-state index in [1.165, 1.54) is 70.1 Å². The van der Waals surface area contributed by atoms with Gasteiger partial charge in [0.1, 0.15) is 0 Å². The lowest BCUT2D eigenvalue weighted by Crippen LogP contribution is -2.25. The Hall–Kier alpha value is -1.36. The first-order valence-electron chi connectivity index (χ1n) is 9.37. The maximum Gasteiger partial charge on any atom is 0.212 e. The maximum absolute atomic E-state index is 12.8. The second kappa shape index (κ2) is 7.95. The molecule has 2 heteroatoms. The van der Waals surface area contributed by atoms with Crippen LogP contribution in [0.4, 0.5) is 4.39 Å². The summed E-state index contributed by atoms with van der Waals surface area (Å²) in [6.07, 6.45) is 13.9. The molecular formula is C21H28FN. The summed E-state index contributed by atoms with van der Waals surface area (Å²) in [7, 11) is 0. The van der Waals surface area contributed by atoms with Crippen LogP contribution in [-0.4, -0.2) is 4.98 Å². The number of rotatable bonds is 2. The minimum atomic E-state index is -0.436. The molecule has 0 atom stereocenters. The molecule has 2 aliphatic rings. The normalized spacial score (nSPS) is 31.2. The van der Waals surface area contributed by atoms with Gasteiger partial charge in [-0.3, -0.25) is 0 Å². The van der Waals surface area contributed by atoms with Crippen molar-refractivity contribution in [3.05, 3.63) is 29.8 Å². The number of nitrogens with zero attached hydrogens (tertiary/aromatic N) is 1. The van der Waals surface area contributed by atoms with Crippen molar-refractivity contribution in [2.75, 3.05) is 0 Å². The van der Waals surface area contributed by atoms with Gasteiger partial charge in [0, 0.05) is 17.7 Å². The fourth-order valence-corrected chi connectivity index (χ4v) is 4.44. The molecule has 0 bridgehead atoms. The average Bonchev–Trinajstić information content (AvgIpc) is 2.62. The summed E-state index contributed by atoms with van der Waals surface area (Å²) >= 11 is 0. The number of pyridine rings is 1. The molecular weight excluding hydrogens is 285 g/mol. The van der Waals surface area contributed by atoms with E-state index >= 15 is 0 Å². The third-order valence-corrected chi connectivity index (χ3v) is 6.06. The molecule has 2 aliphatic carbocycles. The van der Waals surface area contributed by atoms with Crippen LogP contribution in [0.25, 0.3) is 0 Å². The standard InChI is InChI=1S/C21H28FN/c1-2-16-5-10-19(11-6-16)20-12-7-17(8-13-20)3-4-18-9-14-21(22)23-15-18/h9,14-17,19-20H,2,5-8,10-13H2,1H3. The first-order valence-corrected chi connectivity index (χ1v) is 9.37. The van der Waals surface area contributed by atoms with Crippen LogP contribution in [0, 0.1) is 41.5 Å². The van der Waals surface area contributed by atoms with Crippen LogP contribution in [0.5, 0.6) is 0 Å². The van der Waals surface area contributed by atoms with E-state index in [0.29, 0.717) is 5.92 Å². The molecule has 1 aromatic rings. The van der Waals surface area contributed by atoms with Gasteiger partial charge in [-0.25, -0.2) is 4.98 Å². The van der Waals surface area contributed by atoms with Crippen molar-refractivity contribution in [2.45, 2.75) is 64.7 Å². The Morgan fingerprint density at radius 1 is 1.00 bits per heavy atom. The molecule has 0 aromatic carbocycles. The van der Waals surface area contributed by atoms with Gasteiger partial charge in [-0.15, -0.1) is 0 Å². The molecule has 1 aromatic heterocycles. The summed E-state index contributed by atoms with van der Waals surface area (Å²) in [4.78, 5) is 3.66. The lowest BCUT2D eigenvalue weighted by Gasteiger charge is -2.36. The number of aromatic nitrogens is 1. The van der Waals surface area contributed by atoms with E-state index in [2.05, 4.69) is 23.7 Å². The largest absolute Gasteiger partial charge is 0.227 e. The number of halogens is 1. The van der Waals surface area contributed by atoms with E-state index in [4.69, 9.17) is 0 Å². The molecule has 0 N–H and O–H groups in total. The highest BCUT2D eigenvalue weighted by Gasteiger charge is 2.29. The highest BCUT2D eigenvalue weighted by atomic mass is 19.1. The van der Waals surface area contributed by atoms with Crippen molar-refractivity contribution < 1.29 is 4.39 Å². The van der Waals surface area contributed by atoms with Crippen molar-refractivity contribution >= 4 is 0 Å². The van der Waals surface area contributed by atoms with Crippen molar-refractivity contribution in [3.8, 4) is 11.8 Å². The molecule has 124 valence electrons. The monoisotopic (exact) mass is 313 g/mol. The minimum absolute atomic E-state index is 0.436. The van der Waals surface area contributed by atoms with Gasteiger partial charge in [-0.05, 0) is 68.4 Å². The molecule has 0 radical (unpaired) electrons. The Kier molecular flexibility index (Phi) is 5.70. The second-order valence-electron chi connectivity index (χ2n) is 7.44. The third-order valence-electron chi connectivity index (χ3n) is 6.06. The molecule has 1 nitrogen and oxygen atoms in total. The quantitative estimate of drug-likeness (QED) is 0.512. The van der Waals surface area contributed by atoms with Crippen LogP contribution in [0.15, 0.2) is 18.3 Å². The van der Waals surface area contributed by atoms with Gasteiger partial charge < -0.3 is 0 Å². The topological polar surface area (TPSA) is 12.9 Å². The lowest BCUT2D eigenvalue weighted by atomic mass is 9.69. The zero-order valence-corrected chi connectivity index (χ0v) is 14.2. The fraction of sp³-hybridized carbons (Fsp3) is 0.667. The van der Waals surface area contributed by atoms with Crippen molar-refractivity contribution in [2.24, 2.45) is 23.7 Å². The van der Waals surface area contributed by atoms with Crippen LogP contribution in [0.1, 0.15) is 70.3 Å². The molecule has 0 amide bonds. The average molecular weight is 313 g/mol.